The number of alkyl halides is 8. The van der Waals surface area contributed by atoms with E-state index in [1.54, 1.807) is 0 Å². The van der Waals surface area contributed by atoms with E-state index in [0.29, 0.717) is 0 Å². The number of azo groups is 1. The molecule has 14 heavy (non-hydrogen) atoms. The highest BCUT2D eigenvalue weighted by Gasteiger charge is 2.46. The van der Waals surface area contributed by atoms with Crippen molar-refractivity contribution in [1.82, 2.24) is 0 Å². The maximum Gasteiger partial charge on any atom is 0.418 e. The van der Waals surface area contributed by atoms with Crippen molar-refractivity contribution in [1.29, 1.82) is 0 Å². The summed E-state index contributed by atoms with van der Waals surface area (Å²) in [6.45, 7) is 0. The maximum absolute atomic E-state index is 11.8. The minimum atomic E-state index is -5.20. The van der Waals surface area contributed by atoms with Gasteiger partial charge in [0.2, 0.25) is 0 Å². The van der Waals surface area contributed by atoms with Gasteiger partial charge in [0.25, 0.3) is 0 Å². The normalized spacial score (nSPS) is 14.7. The first-order valence-corrected chi connectivity index (χ1v) is 2.85. The van der Waals surface area contributed by atoms with Gasteiger partial charge in [-0.25, -0.2) is 17.6 Å². The molecule has 0 spiro atoms. The summed E-state index contributed by atoms with van der Waals surface area (Å²) in [6.07, 6.45) is -8.78. The molecule has 0 heterocycles. The minimum absolute atomic E-state index is 1.16. The van der Waals surface area contributed by atoms with E-state index in [1.165, 1.54) is 0 Å². The fourth-order valence-electron chi connectivity index (χ4n) is 0.221. The molecule has 0 saturated heterocycles. The summed E-state index contributed by atoms with van der Waals surface area (Å²) in [7, 11) is 0. The van der Waals surface area contributed by atoms with Gasteiger partial charge >= 0.3 is 24.9 Å². The zero-order valence-electron chi connectivity index (χ0n) is 6.07. The lowest BCUT2D eigenvalue weighted by Gasteiger charge is -2.11. The first-order valence-electron chi connectivity index (χ1n) is 2.85. The molecule has 10 heteroatoms. The van der Waals surface area contributed by atoms with Gasteiger partial charge in [0.05, 0.1) is 0 Å². The van der Waals surface area contributed by atoms with E-state index in [0.717, 1.165) is 10.2 Å². The average molecular weight is 230 g/mol. The van der Waals surface area contributed by atoms with Crippen LogP contribution in [-0.2, 0) is 0 Å². The molecule has 0 aliphatic rings. The van der Waals surface area contributed by atoms with Crippen LogP contribution in [0, 0.1) is 0 Å². The van der Waals surface area contributed by atoms with Gasteiger partial charge in [-0.3, -0.25) is 0 Å². The van der Waals surface area contributed by atoms with Crippen LogP contribution in [0.4, 0.5) is 35.1 Å². The minimum Gasteiger partial charge on any atom is -0.201 e. The Hall–Kier alpha value is -0.960. The number of nitrogens with zero attached hydrogens (tertiary/aromatic N) is 2. The number of halogens is 8. The predicted molar refractivity (Wildman–Crippen MR) is 26.8 cm³/mol. The van der Waals surface area contributed by atoms with E-state index in [4.69, 9.17) is 0 Å². The SMILES string of the molecule is FC(F)C(F)(F)N=NC(F)(F)C(F)F. The molecule has 0 N–H and O–H groups in total. The topological polar surface area (TPSA) is 24.7 Å². The first kappa shape index (κ1) is 13.0. The molecule has 0 rings (SSSR count). The summed E-state index contributed by atoms with van der Waals surface area (Å²) >= 11 is 0. The van der Waals surface area contributed by atoms with Crippen molar-refractivity contribution in [2.24, 2.45) is 10.2 Å². The van der Waals surface area contributed by atoms with Crippen molar-refractivity contribution >= 4 is 0 Å². The molecule has 2 nitrogen and oxygen atoms in total. The third kappa shape index (κ3) is 3.42. The second kappa shape index (κ2) is 4.05. The predicted octanol–water partition coefficient (Wildman–Crippen LogP) is 3.15. The molecular weight excluding hydrogens is 228 g/mol. The molecule has 0 aromatic carbocycles. The van der Waals surface area contributed by atoms with Crippen molar-refractivity contribution in [2.45, 2.75) is 24.9 Å². The Labute approximate surface area is 71.6 Å². The smallest absolute Gasteiger partial charge is 0.201 e. The zero-order chi connectivity index (χ0) is 11.6. The molecule has 0 aliphatic heterocycles. The van der Waals surface area contributed by atoms with Gasteiger partial charge in [0, 0.05) is 0 Å². The van der Waals surface area contributed by atoms with E-state index in [1.807, 2.05) is 0 Å². The van der Waals surface area contributed by atoms with Crippen molar-refractivity contribution in [2.75, 3.05) is 0 Å². The van der Waals surface area contributed by atoms with Crippen LogP contribution >= 0.6 is 0 Å². The Bertz CT molecular complexity index is 189. The monoisotopic (exact) mass is 230 g/mol. The quantitative estimate of drug-likeness (QED) is 0.402. The van der Waals surface area contributed by atoms with Crippen molar-refractivity contribution in [3.05, 3.63) is 0 Å². The zero-order valence-corrected chi connectivity index (χ0v) is 6.07. The summed E-state index contributed by atoms with van der Waals surface area (Å²) in [4.78, 5) is 0. The van der Waals surface area contributed by atoms with Gasteiger partial charge in [0.15, 0.2) is 0 Å². The maximum atomic E-state index is 11.8. The molecular formula is C4H2F8N2. The molecule has 0 fully saturated rings. The molecule has 0 atom stereocenters. The third-order valence-electron chi connectivity index (χ3n) is 0.842. The third-order valence-corrected chi connectivity index (χ3v) is 0.842. The first-order chi connectivity index (χ1) is 6.09. The summed E-state index contributed by atoms with van der Waals surface area (Å²) in [5, 5.41) is 2.32. The molecule has 0 aromatic heterocycles. The Morgan fingerprint density at radius 3 is 1.00 bits per heavy atom. The molecule has 0 aromatic rings. The molecule has 0 bridgehead atoms. The Morgan fingerprint density at radius 1 is 0.643 bits per heavy atom. The van der Waals surface area contributed by atoms with E-state index < -0.39 is 24.9 Å². The Balaban J connectivity index is 4.59. The van der Waals surface area contributed by atoms with Gasteiger partial charge in [-0.2, -0.15) is 17.6 Å². The average Bonchev–Trinajstić information content (AvgIpc) is 2.01. The van der Waals surface area contributed by atoms with Crippen LogP contribution in [0.3, 0.4) is 0 Å². The van der Waals surface area contributed by atoms with E-state index in [2.05, 4.69) is 0 Å². The molecule has 0 aliphatic carbocycles. The fourth-order valence-corrected chi connectivity index (χ4v) is 0.221. The number of rotatable bonds is 4. The number of hydrogen-bond donors (Lipinski definition) is 0. The van der Waals surface area contributed by atoms with Gasteiger partial charge in [-0.05, 0) is 0 Å². The van der Waals surface area contributed by atoms with Gasteiger partial charge in [-0.1, -0.05) is 0 Å². The van der Waals surface area contributed by atoms with Crippen molar-refractivity contribution in [3.8, 4) is 0 Å². The number of hydrogen-bond acceptors (Lipinski definition) is 2. The molecule has 0 saturated carbocycles. The summed E-state index contributed by atoms with van der Waals surface area (Å²) in [5.74, 6) is 0. The Kier molecular flexibility index (Phi) is 3.77. The van der Waals surface area contributed by atoms with Crippen LogP contribution in [0.2, 0.25) is 0 Å². The summed E-state index contributed by atoms with van der Waals surface area (Å²) in [5.41, 5.74) is 0. The van der Waals surface area contributed by atoms with Crippen LogP contribution in [-0.4, -0.2) is 24.9 Å². The van der Waals surface area contributed by atoms with Crippen LogP contribution in [0.15, 0.2) is 10.2 Å². The fraction of sp³-hybridized carbons (Fsp3) is 1.00. The molecule has 0 radical (unpaired) electrons. The molecule has 0 unspecified atom stereocenters. The second-order valence-electron chi connectivity index (χ2n) is 1.98. The van der Waals surface area contributed by atoms with E-state index >= 15 is 0 Å². The van der Waals surface area contributed by atoms with Crippen molar-refractivity contribution < 1.29 is 35.1 Å². The van der Waals surface area contributed by atoms with Gasteiger partial charge in [-0.15, -0.1) is 10.2 Å². The largest absolute Gasteiger partial charge is 0.418 e. The van der Waals surface area contributed by atoms with Gasteiger partial charge in [0.1, 0.15) is 0 Å². The van der Waals surface area contributed by atoms with E-state index in [9.17, 15) is 35.1 Å². The van der Waals surface area contributed by atoms with Crippen molar-refractivity contribution in [3.63, 3.8) is 0 Å². The highest BCUT2D eigenvalue weighted by molar-refractivity contribution is 4.68. The van der Waals surface area contributed by atoms with E-state index in [-0.39, 0.29) is 0 Å². The highest BCUT2D eigenvalue weighted by Crippen LogP contribution is 2.30. The van der Waals surface area contributed by atoms with Crippen LogP contribution < -0.4 is 0 Å². The summed E-state index contributed by atoms with van der Waals surface area (Å²) in [6, 6.07) is -10.4. The standard InChI is InChI=1S/C4H2F8N2/c5-1(6)3(9,10)13-14-4(11,12)2(7)8/h1-2H. The molecule has 84 valence electrons. The lowest BCUT2D eigenvalue weighted by molar-refractivity contribution is -0.154. The lowest BCUT2D eigenvalue weighted by atomic mass is 10.6. The van der Waals surface area contributed by atoms with Crippen LogP contribution in [0.5, 0.6) is 0 Å². The van der Waals surface area contributed by atoms with Crippen LogP contribution in [0.25, 0.3) is 0 Å². The lowest BCUT2D eigenvalue weighted by Crippen LogP contribution is -2.27. The molecule has 0 amide bonds. The summed E-state index contributed by atoms with van der Waals surface area (Å²) < 4.78 is 92.0. The van der Waals surface area contributed by atoms with Gasteiger partial charge < -0.3 is 0 Å². The second-order valence-corrected chi connectivity index (χ2v) is 1.98. The highest BCUT2D eigenvalue weighted by atomic mass is 19.3. The van der Waals surface area contributed by atoms with Crippen LogP contribution in [0.1, 0.15) is 0 Å². The Morgan fingerprint density at radius 2 is 0.857 bits per heavy atom.